The van der Waals surface area contributed by atoms with E-state index in [2.05, 4.69) is 5.32 Å². The molecule has 0 radical (unpaired) electrons. The summed E-state index contributed by atoms with van der Waals surface area (Å²) in [7, 11) is 3.07. The van der Waals surface area contributed by atoms with Crippen LogP contribution in [0.3, 0.4) is 0 Å². The van der Waals surface area contributed by atoms with Gasteiger partial charge < -0.3 is 24.7 Å². The first-order valence-electron chi connectivity index (χ1n) is 8.28. The Balaban J connectivity index is 1.82. The molecule has 2 atom stereocenters. The number of methoxy groups -OCH3 is 2. The summed E-state index contributed by atoms with van der Waals surface area (Å²) in [6.07, 6.45) is 3.57. The van der Waals surface area contributed by atoms with Gasteiger partial charge in [-0.3, -0.25) is 4.79 Å². The van der Waals surface area contributed by atoms with Crippen molar-refractivity contribution in [1.29, 1.82) is 0 Å². The van der Waals surface area contributed by atoms with E-state index in [-0.39, 0.29) is 17.7 Å². The van der Waals surface area contributed by atoms with E-state index >= 15 is 0 Å². The van der Waals surface area contributed by atoms with Crippen molar-refractivity contribution in [2.75, 3.05) is 19.5 Å². The largest absolute Gasteiger partial charge is 0.550 e. The molecule has 1 aromatic carbocycles. The summed E-state index contributed by atoms with van der Waals surface area (Å²) in [4.78, 5) is 24.4. The summed E-state index contributed by atoms with van der Waals surface area (Å²) >= 11 is 0. The summed E-state index contributed by atoms with van der Waals surface area (Å²) in [5, 5.41) is 14.4. The molecule has 3 fully saturated rings. The molecule has 0 unspecified atom stereocenters. The Morgan fingerprint density at radius 2 is 1.46 bits per heavy atom. The Hall–Kier alpha value is -2.24. The van der Waals surface area contributed by atoms with E-state index in [0.29, 0.717) is 17.2 Å². The summed E-state index contributed by atoms with van der Waals surface area (Å²) < 4.78 is 10.4. The van der Waals surface area contributed by atoms with E-state index in [1.165, 1.54) is 14.2 Å². The number of carboxylic acids is 1. The topological polar surface area (TPSA) is 87.7 Å². The maximum absolute atomic E-state index is 12.8. The Labute approximate surface area is 141 Å². The standard InChI is InChI=1S/C18H23NO5/c1-23-13-7-12(8-14(9-13)24-2)19-17(20)15-10-3-5-11(6-4-10)16(15)18(21)22/h7-11,15-16H,3-6H2,1-2H3,(H,19,20)(H,21,22)/p-1/t10?,11?,15-,16+/m1/s1. The molecule has 0 spiro atoms. The lowest BCUT2D eigenvalue weighted by molar-refractivity contribution is -0.318. The highest BCUT2D eigenvalue weighted by Gasteiger charge is 2.47. The van der Waals surface area contributed by atoms with Crippen LogP contribution in [0.15, 0.2) is 18.2 Å². The van der Waals surface area contributed by atoms with Crippen molar-refractivity contribution in [2.24, 2.45) is 23.7 Å². The van der Waals surface area contributed by atoms with E-state index in [0.717, 1.165) is 25.7 Å². The summed E-state index contributed by atoms with van der Waals surface area (Å²) in [5.41, 5.74) is 0.537. The fraction of sp³-hybridized carbons (Fsp3) is 0.556. The number of carboxylic acid groups (broad SMARTS) is 1. The SMILES string of the molecule is COc1cc(NC(=O)[C@@H]2C3CCC(CC3)[C@@H]2C(=O)[O-])cc(OC)c1. The number of fused-ring (bicyclic) bond motifs is 3. The van der Waals surface area contributed by atoms with Crippen LogP contribution in [0.1, 0.15) is 25.7 Å². The number of carbonyl (C=O) groups is 2. The number of rotatable bonds is 5. The number of hydrogen-bond acceptors (Lipinski definition) is 5. The molecule has 2 bridgehead atoms. The third-order valence-electron chi connectivity index (χ3n) is 5.41. The lowest BCUT2D eigenvalue weighted by Crippen LogP contribution is -2.52. The number of carbonyl (C=O) groups excluding carboxylic acids is 2. The molecule has 3 aliphatic rings. The van der Waals surface area contributed by atoms with Gasteiger partial charge in [0.05, 0.1) is 14.2 Å². The van der Waals surface area contributed by atoms with Crippen molar-refractivity contribution in [3.8, 4) is 11.5 Å². The van der Waals surface area contributed by atoms with Crippen LogP contribution in [0.2, 0.25) is 0 Å². The first-order valence-corrected chi connectivity index (χ1v) is 8.28. The van der Waals surface area contributed by atoms with Crippen molar-refractivity contribution in [2.45, 2.75) is 25.7 Å². The maximum atomic E-state index is 12.8. The number of amides is 1. The van der Waals surface area contributed by atoms with E-state index in [1.54, 1.807) is 18.2 Å². The number of benzene rings is 1. The first kappa shape index (κ1) is 16.6. The van der Waals surface area contributed by atoms with Crippen molar-refractivity contribution < 1.29 is 24.2 Å². The molecular weight excluding hydrogens is 310 g/mol. The van der Waals surface area contributed by atoms with E-state index in [9.17, 15) is 14.7 Å². The summed E-state index contributed by atoms with van der Waals surface area (Å²) in [6, 6.07) is 5.09. The third kappa shape index (κ3) is 3.05. The van der Waals surface area contributed by atoms with Crippen LogP contribution in [0.25, 0.3) is 0 Å². The van der Waals surface area contributed by atoms with Gasteiger partial charge in [-0.15, -0.1) is 0 Å². The molecule has 24 heavy (non-hydrogen) atoms. The van der Waals surface area contributed by atoms with Crippen LogP contribution >= 0.6 is 0 Å². The van der Waals surface area contributed by atoms with Crippen LogP contribution in [0.4, 0.5) is 5.69 Å². The minimum Gasteiger partial charge on any atom is -0.550 e. The van der Waals surface area contributed by atoms with Crippen molar-refractivity contribution in [1.82, 2.24) is 0 Å². The van der Waals surface area contributed by atoms with Crippen LogP contribution in [0.5, 0.6) is 11.5 Å². The molecule has 6 nitrogen and oxygen atoms in total. The molecule has 1 aromatic rings. The van der Waals surface area contributed by atoms with Gasteiger partial charge in [0.2, 0.25) is 5.91 Å². The van der Waals surface area contributed by atoms with Crippen molar-refractivity contribution in [3.05, 3.63) is 18.2 Å². The molecule has 0 aliphatic heterocycles. The Bertz CT molecular complexity index is 614. The predicted octanol–water partition coefficient (Wildman–Crippen LogP) is 1.44. The third-order valence-corrected chi connectivity index (χ3v) is 5.41. The Kier molecular flexibility index (Phi) is 4.64. The van der Waals surface area contributed by atoms with Crippen molar-refractivity contribution in [3.63, 3.8) is 0 Å². The molecule has 3 aliphatic carbocycles. The second-order valence-electron chi connectivity index (χ2n) is 6.64. The first-order chi connectivity index (χ1) is 11.5. The van der Waals surface area contributed by atoms with Gasteiger partial charge in [0, 0.05) is 41.7 Å². The number of nitrogens with one attached hydrogen (secondary N) is 1. The molecule has 1 amide bonds. The average Bonchev–Trinajstić information content (AvgIpc) is 2.61. The molecule has 6 heteroatoms. The lowest BCUT2D eigenvalue weighted by atomic mass is 9.58. The number of anilines is 1. The van der Waals surface area contributed by atoms with Crippen LogP contribution in [-0.4, -0.2) is 26.1 Å². The van der Waals surface area contributed by atoms with Gasteiger partial charge in [0.1, 0.15) is 11.5 Å². The quantitative estimate of drug-likeness (QED) is 0.881. The smallest absolute Gasteiger partial charge is 0.228 e. The van der Waals surface area contributed by atoms with Crippen LogP contribution in [0, 0.1) is 23.7 Å². The zero-order valence-corrected chi connectivity index (χ0v) is 13.9. The minimum absolute atomic E-state index is 0.0515. The highest BCUT2D eigenvalue weighted by atomic mass is 16.5. The Morgan fingerprint density at radius 1 is 0.958 bits per heavy atom. The predicted molar refractivity (Wildman–Crippen MR) is 85.6 cm³/mol. The maximum Gasteiger partial charge on any atom is 0.228 e. The fourth-order valence-corrected chi connectivity index (χ4v) is 4.27. The normalized spacial score (nSPS) is 28.2. The van der Waals surface area contributed by atoms with Gasteiger partial charge >= 0.3 is 0 Å². The number of hydrogen-bond donors (Lipinski definition) is 1. The monoisotopic (exact) mass is 332 g/mol. The van der Waals surface area contributed by atoms with E-state index in [1.807, 2.05) is 0 Å². The molecule has 0 saturated heterocycles. The van der Waals surface area contributed by atoms with Gasteiger partial charge in [-0.2, -0.15) is 0 Å². The molecule has 0 heterocycles. The van der Waals surface area contributed by atoms with E-state index in [4.69, 9.17) is 9.47 Å². The van der Waals surface area contributed by atoms with Gasteiger partial charge in [0.25, 0.3) is 0 Å². The zero-order valence-electron chi connectivity index (χ0n) is 13.9. The molecule has 4 rings (SSSR count). The van der Waals surface area contributed by atoms with Crippen molar-refractivity contribution >= 4 is 17.6 Å². The second kappa shape index (κ2) is 6.71. The van der Waals surface area contributed by atoms with Crippen LogP contribution < -0.4 is 19.9 Å². The zero-order chi connectivity index (χ0) is 17.3. The highest BCUT2D eigenvalue weighted by molar-refractivity contribution is 5.95. The second-order valence-corrected chi connectivity index (χ2v) is 6.64. The van der Waals surface area contributed by atoms with Gasteiger partial charge in [0.15, 0.2) is 0 Å². The summed E-state index contributed by atoms with van der Waals surface area (Å²) in [6.45, 7) is 0. The highest BCUT2D eigenvalue weighted by Crippen LogP contribution is 2.49. The lowest BCUT2D eigenvalue weighted by Gasteiger charge is -2.48. The van der Waals surface area contributed by atoms with Gasteiger partial charge in [-0.25, -0.2) is 0 Å². The number of ether oxygens (including phenoxy) is 2. The number of aliphatic carboxylic acids is 1. The molecule has 3 saturated carbocycles. The molecular formula is C18H22NO5-. The molecule has 130 valence electrons. The summed E-state index contributed by atoms with van der Waals surface area (Å²) in [5.74, 6) is -1.29. The Morgan fingerprint density at radius 3 is 1.92 bits per heavy atom. The van der Waals surface area contributed by atoms with Crippen LogP contribution in [-0.2, 0) is 9.59 Å². The average molecular weight is 332 g/mol. The molecule has 0 aromatic heterocycles. The van der Waals surface area contributed by atoms with Gasteiger partial charge in [-0.1, -0.05) is 0 Å². The van der Waals surface area contributed by atoms with Gasteiger partial charge in [-0.05, 0) is 37.5 Å². The van der Waals surface area contributed by atoms with E-state index < -0.39 is 17.8 Å². The fourth-order valence-electron chi connectivity index (χ4n) is 4.27. The molecule has 1 N–H and O–H groups in total. The minimum atomic E-state index is -1.10.